The van der Waals surface area contributed by atoms with Crippen molar-refractivity contribution in [3.05, 3.63) is 40.4 Å². The Labute approximate surface area is 122 Å². The molecule has 0 aliphatic heterocycles. The zero-order valence-electron chi connectivity index (χ0n) is 10.1. The van der Waals surface area contributed by atoms with E-state index in [1.807, 2.05) is 0 Å². The van der Waals surface area contributed by atoms with Crippen molar-refractivity contribution >= 4 is 29.0 Å². The van der Waals surface area contributed by atoms with Crippen molar-refractivity contribution in [3.8, 4) is 17.1 Å². The maximum atomic E-state index is 13.9. The van der Waals surface area contributed by atoms with Crippen LogP contribution in [0.5, 0.6) is 6.01 Å². The van der Waals surface area contributed by atoms with E-state index < -0.39 is 5.82 Å². The molecule has 2 heterocycles. The number of halogens is 3. The standard InChI is InChI=1S/C12H7Cl2FN4O/c1-20-12-17-11-16-9(13)8(10(14)19(11)18-12)6-4-2-3-5-7(6)15/h2-5H,1H3. The fourth-order valence-corrected chi connectivity index (χ4v) is 2.42. The average molecular weight is 313 g/mol. The van der Waals surface area contributed by atoms with E-state index in [2.05, 4.69) is 15.1 Å². The summed E-state index contributed by atoms with van der Waals surface area (Å²) in [6.45, 7) is 0. The molecule has 0 bridgehead atoms. The summed E-state index contributed by atoms with van der Waals surface area (Å²) in [5.74, 6) is -0.276. The molecule has 0 spiro atoms. The second-order valence-corrected chi connectivity index (χ2v) is 4.57. The molecule has 20 heavy (non-hydrogen) atoms. The highest BCUT2D eigenvalue weighted by molar-refractivity contribution is 6.38. The van der Waals surface area contributed by atoms with Gasteiger partial charge in [-0.15, -0.1) is 5.10 Å². The van der Waals surface area contributed by atoms with Crippen LogP contribution in [0.4, 0.5) is 4.39 Å². The maximum Gasteiger partial charge on any atom is 0.337 e. The summed E-state index contributed by atoms with van der Waals surface area (Å²) in [4.78, 5) is 8.01. The Hall–Kier alpha value is -1.92. The number of benzene rings is 1. The van der Waals surface area contributed by atoms with Crippen molar-refractivity contribution in [1.82, 2.24) is 19.6 Å². The molecule has 0 atom stereocenters. The van der Waals surface area contributed by atoms with E-state index in [4.69, 9.17) is 27.9 Å². The van der Waals surface area contributed by atoms with Crippen molar-refractivity contribution in [1.29, 1.82) is 0 Å². The highest BCUT2D eigenvalue weighted by atomic mass is 35.5. The lowest BCUT2D eigenvalue weighted by atomic mass is 10.1. The number of rotatable bonds is 2. The van der Waals surface area contributed by atoms with Crippen LogP contribution in [-0.4, -0.2) is 26.7 Å². The molecule has 0 saturated heterocycles. The number of hydrogen-bond donors (Lipinski definition) is 0. The van der Waals surface area contributed by atoms with Gasteiger partial charge in [0.2, 0.25) is 0 Å². The van der Waals surface area contributed by atoms with Crippen LogP contribution < -0.4 is 4.74 Å². The lowest BCUT2D eigenvalue weighted by Crippen LogP contribution is -1.98. The van der Waals surface area contributed by atoms with Gasteiger partial charge >= 0.3 is 6.01 Å². The zero-order chi connectivity index (χ0) is 14.3. The normalized spacial score (nSPS) is 11.0. The van der Waals surface area contributed by atoms with Crippen LogP contribution in [0.2, 0.25) is 10.3 Å². The third kappa shape index (κ3) is 1.97. The van der Waals surface area contributed by atoms with Crippen molar-refractivity contribution < 1.29 is 9.13 Å². The number of methoxy groups -OCH3 is 1. The summed E-state index contributed by atoms with van der Waals surface area (Å²) in [5.41, 5.74) is 0.498. The van der Waals surface area contributed by atoms with Crippen LogP contribution in [0, 0.1) is 5.82 Å². The van der Waals surface area contributed by atoms with Gasteiger partial charge in [0.25, 0.3) is 5.78 Å². The predicted molar refractivity (Wildman–Crippen MR) is 72.7 cm³/mol. The molecule has 0 unspecified atom stereocenters. The molecule has 0 aliphatic carbocycles. The van der Waals surface area contributed by atoms with E-state index >= 15 is 0 Å². The molecular weight excluding hydrogens is 306 g/mol. The molecule has 3 aromatic rings. The Morgan fingerprint density at radius 3 is 2.65 bits per heavy atom. The largest absolute Gasteiger partial charge is 0.466 e. The summed E-state index contributed by atoms with van der Waals surface area (Å²) >= 11 is 12.3. The van der Waals surface area contributed by atoms with Crippen molar-refractivity contribution in [2.45, 2.75) is 0 Å². The molecule has 0 N–H and O–H groups in total. The van der Waals surface area contributed by atoms with Crippen LogP contribution in [0.15, 0.2) is 24.3 Å². The first kappa shape index (κ1) is 13.1. The second kappa shape index (κ2) is 4.88. The molecular formula is C12H7Cl2FN4O. The first-order chi connectivity index (χ1) is 9.61. The van der Waals surface area contributed by atoms with Gasteiger partial charge in [-0.25, -0.2) is 4.39 Å². The fraction of sp³-hybridized carbons (Fsp3) is 0.0833. The van der Waals surface area contributed by atoms with Gasteiger partial charge in [0.1, 0.15) is 16.1 Å². The van der Waals surface area contributed by atoms with Gasteiger partial charge in [0.05, 0.1) is 12.7 Å². The molecule has 1 aromatic carbocycles. The maximum absolute atomic E-state index is 13.9. The highest BCUT2D eigenvalue weighted by Crippen LogP contribution is 2.35. The lowest BCUT2D eigenvalue weighted by Gasteiger charge is -2.08. The quantitative estimate of drug-likeness (QED) is 0.682. The molecule has 8 heteroatoms. The third-order valence-corrected chi connectivity index (χ3v) is 3.32. The van der Waals surface area contributed by atoms with Crippen molar-refractivity contribution in [2.24, 2.45) is 0 Å². The second-order valence-electron chi connectivity index (χ2n) is 3.86. The molecule has 5 nitrogen and oxygen atoms in total. The Balaban J connectivity index is 2.34. The van der Waals surface area contributed by atoms with Gasteiger partial charge in [-0.3, -0.25) is 0 Å². The number of nitrogens with zero attached hydrogens (tertiary/aromatic N) is 4. The molecule has 102 valence electrons. The van der Waals surface area contributed by atoms with Crippen LogP contribution >= 0.6 is 23.2 Å². The Morgan fingerprint density at radius 1 is 1.20 bits per heavy atom. The van der Waals surface area contributed by atoms with Gasteiger partial charge in [-0.05, 0) is 6.07 Å². The van der Waals surface area contributed by atoms with E-state index in [1.165, 1.54) is 17.7 Å². The molecule has 0 saturated carbocycles. The number of ether oxygens (including phenoxy) is 1. The summed E-state index contributed by atoms with van der Waals surface area (Å²) < 4.78 is 20.0. The van der Waals surface area contributed by atoms with Gasteiger partial charge in [-0.2, -0.15) is 14.5 Å². The van der Waals surface area contributed by atoms with Crippen LogP contribution in [0.25, 0.3) is 16.9 Å². The monoisotopic (exact) mass is 312 g/mol. The SMILES string of the molecule is COc1nc2nc(Cl)c(-c3ccccc3F)c(Cl)n2n1. The number of fused-ring (bicyclic) bond motifs is 1. The summed E-state index contributed by atoms with van der Waals surface area (Å²) in [6, 6.07) is 6.22. The lowest BCUT2D eigenvalue weighted by molar-refractivity contribution is 0.380. The molecule has 0 amide bonds. The minimum absolute atomic E-state index is 0.0441. The number of aromatic nitrogens is 4. The Morgan fingerprint density at radius 2 is 1.95 bits per heavy atom. The van der Waals surface area contributed by atoms with E-state index in [0.717, 1.165) is 0 Å². The Kier molecular flexibility index (Phi) is 3.19. The molecule has 2 aromatic heterocycles. The summed E-state index contributed by atoms with van der Waals surface area (Å²) in [6.07, 6.45) is 0. The van der Waals surface area contributed by atoms with Gasteiger partial charge < -0.3 is 4.74 Å². The minimum atomic E-state index is -0.454. The zero-order valence-corrected chi connectivity index (χ0v) is 11.7. The van der Waals surface area contributed by atoms with Crippen molar-refractivity contribution in [3.63, 3.8) is 0 Å². The minimum Gasteiger partial charge on any atom is -0.466 e. The third-order valence-electron chi connectivity index (χ3n) is 2.69. The van der Waals surface area contributed by atoms with Gasteiger partial charge in [0.15, 0.2) is 0 Å². The smallest absolute Gasteiger partial charge is 0.337 e. The van der Waals surface area contributed by atoms with Gasteiger partial charge in [0, 0.05) is 5.56 Å². The van der Waals surface area contributed by atoms with Crippen LogP contribution in [0.3, 0.4) is 0 Å². The topological polar surface area (TPSA) is 52.3 Å². The highest BCUT2D eigenvalue weighted by Gasteiger charge is 2.19. The van der Waals surface area contributed by atoms with Gasteiger partial charge in [-0.1, -0.05) is 41.4 Å². The Bertz CT molecular complexity index is 805. The van der Waals surface area contributed by atoms with E-state index in [-0.39, 0.29) is 33.2 Å². The molecule has 3 rings (SSSR count). The van der Waals surface area contributed by atoms with E-state index in [1.54, 1.807) is 18.2 Å². The predicted octanol–water partition coefficient (Wildman–Crippen LogP) is 3.25. The molecule has 0 aliphatic rings. The van der Waals surface area contributed by atoms with Crippen molar-refractivity contribution in [2.75, 3.05) is 7.11 Å². The molecule has 0 fully saturated rings. The van der Waals surface area contributed by atoms with E-state index in [0.29, 0.717) is 0 Å². The average Bonchev–Trinajstić information content (AvgIpc) is 2.84. The number of hydrogen-bond acceptors (Lipinski definition) is 4. The molecule has 0 radical (unpaired) electrons. The summed E-state index contributed by atoms with van der Waals surface area (Å²) in [5, 5.41) is 4.15. The summed E-state index contributed by atoms with van der Waals surface area (Å²) in [7, 11) is 1.42. The fourth-order valence-electron chi connectivity index (χ4n) is 1.80. The van der Waals surface area contributed by atoms with Crippen LogP contribution in [0.1, 0.15) is 0 Å². The first-order valence-electron chi connectivity index (χ1n) is 5.52. The first-order valence-corrected chi connectivity index (χ1v) is 6.28. The van der Waals surface area contributed by atoms with E-state index in [9.17, 15) is 4.39 Å². The van der Waals surface area contributed by atoms with Crippen LogP contribution in [-0.2, 0) is 0 Å².